The van der Waals surface area contributed by atoms with E-state index in [9.17, 15) is 13.6 Å². The second-order valence-electron chi connectivity index (χ2n) is 10.3. The smallest absolute Gasteiger partial charge is 0.412 e. The number of nitrogens with one attached hydrogen (secondary N) is 1. The first kappa shape index (κ1) is 29.4. The molecule has 3 heterocycles. The first-order valence-electron chi connectivity index (χ1n) is 13.5. The molecule has 2 aromatic carbocycles. The van der Waals surface area contributed by atoms with Gasteiger partial charge in [0.1, 0.15) is 17.2 Å². The summed E-state index contributed by atoms with van der Waals surface area (Å²) in [5, 5.41) is 3.07. The molecule has 2 atom stereocenters. The summed E-state index contributed by atoms with van der Waals surface area (Å²) in [6.45, 7) is 1.91. The van der Waals surface area contributed by atoms with Crippen LogP contribution in [-0.2, 0) is 4.74 Å². The van der Waals surface area contributed by atoms with Gasteiger partial charge in [-0.15, -0.1) is 11.3 Å². The molecule has 1 unspecified atom stereocenters. The number of methoxy groups -OCH3 is 2. The molecule has 0 radical (unpaired) electrons. The first-order valence-corrected chi connectivity index (χ1v) is 14.4. The van der Waals surface area contributed by atoms with Gasteiger partial charge in [0.15, 0.2) is 11.6 Å². The number of halogens is 3. The number of carbonyl (C=O) groups excluding carboxylic acids is 1. The van der Waals surface area contributed by atoms with Crippen LogP contribution in [0.4, 0.5) is 23.7 Å². The largest absolute Gasteiger partial charge is 0.483 e. The number of carbonyl (C=O) groups is 1. The van der Waals surface area contributed by atoms with Gasteiger partial charge in [-0.3, -0.25) is 5.32 Å². The highest BCUT2D eigenvalue weighted by molar-refractivity contribution is 7.21. The van der Waals surface area contributed by atoms with Crippen molar-refractivity contribution < 1.29 is 36.9 Å². The molecule has 3 aromatic heterocycles. The lowest BCUT2D eigenvalue weighted by Gasteiger charge is -2.35. The molecule has 1 aliphatic carbocycles. The van der Waals surface area contributed by atoms with E-state index in [-0.39, 0.29) is 12.2 Å². The highest BCUT2D eigenvalue weighted by Crippen LogP contribution is 2.40. The summed E-state index contributed by atoms with van der Waals surface area (Å²) in [6, 6.07) is 9.49. The third kappa shape index (κ3) is 6.16. The van der Waals surface area contributed by atoms with E-state index in [1.54, 1.807) is 12.1 Å². The van der Waals surface area contributed by atoms with Crippen LogP contribution in [0.3, 0.4) is 0 Å². The van der Waals surface area contributed by atoms with E-state index in [4.69, 9.17) is 18.9 Å². The molecule has 6 rings (SSSR count). The zero-order valence-corrected chi connectivity index (χ0v) is 24.6. The van der Waals surface area contributed by atoms with Gasteiger partial charge >= 0.3 is 6.09 Å². The number of hydrogen-bond donors (Lipinski definition) is 1. The summed E-state index contributed by atoms with van der Waals surface area (Å²) in [4.78, 5) is 30.1. The number of pyridine rings is 1. The molecule has 14 heteroatoms. The zero-order chi connectivity index (χ0) is 31.0. The van der Waals surface area contributed by atoms with Crippen molar-refractivity contribution in [3.63, 3.8) is 0 Å². The quantitative estimate of drug-likeness (QED) is 0.205. The Morgan fingerprint density at radius 1 is 1.00 bits per heavy atom. The number of aromatic nitrogens is 4. The first-order chi connectivity index (χ1) is 21.1. The zero-order valence-electron chi connectivity index (χ0n) is 23.8. The Morgan fingerprint density at radius 2 is 1.82 bits per heavy atom. The van der Waals surface area contributed by atoms with Crippen molar-refractivity contribution in [3.8, 4) is 28.1 Å². The van der Waals surface area contributed by atoms with Crippen LogP contribution in [0, 0.1) is 12.7 Å². The monoisotopic (exact) mass is 625 g/mol. The summed E-state index contributed by atoms with van der Waals surface area (Å²) in [5.41, 5.74) is 3.52. The fourth-order valence-electron chi connectivity index (χ4n) is 4.99. The number of hydrogen-bond acceptors (Lipinski definition) is 10. The van der Waals surface area contributed by atoms with Crippen molar-refractivity contribution in [1.82, 2.24) is 19.9 Å². The van der Waals surface area contributed by atoms with Gasteiger partial charge in [-0.2, -0.15) is 0 Å². The molecule has 1 aliphatic rings. The van der Waals surface area contributed by atoms with Crippen LogP contribution >= 0.6 is 11.3 Å². The Balaban J connectivity index is 1.25. The minimum Gasteiger partial charge on any atom is -0.483 e. The lowest BCUT2D eigenvalue weighted by molar-refractivity contribution is -0.114. The predicted octanol–water partition coefficient (Wildman–Crippen LogP) is 6.95. The van der Waals surface area contributed by atoms with E-state index < -0.39 is 42.9 Å². The standard InChI is InChI=1S/C30H26F3N5O5S/c1-15-8-17(27-20(9-15)37-26(41-3)14-35-27)28-38-19-10-18(31)22(11-24(19)44-28)42-23-12-30(32,33)7-6-21(23)43-29(39)36-16-4-5-25(40-2)34-13-16/h4-5,8-11,13-14,21,23H,6-7,12H2,1-3H3,(H,36,39)/t21?,23-/m1/s1. The molecule has 1 fully saturated rings. The van der Waals surface area contributed by atoms with Crippen LogP contribution in [0.15, 0.2) is 48.8 Å². The normalized spacial score (nSPS) is 17.8. The molecule has 0 spiro atoms. The van der Waals surface area contributed by atoms with E-state index in [2.05, 4.69) is 25.3 Å². The van der Waals surface area contributed by atoms with Gasteiger partial charge in [0.2, 0.25) is 11.8 Å². The average molecular weight is 626 g/mol. The molecule has 228 valence electrons. The fraction of sp³-hybridized carbons (Fsp3) is 0.300. The lowest BCUT2D eigenvalue weighted by Crippen LogP contribution is -2.45. The number of aryl methyl sites for hydroxylation is 1. The number of benzene rings is 2. The predicted molar refractivity (Wildman–Crippen MR) is 157 cm³/mol. The van der Waals surface area contributed by atoms with Crippen molar-refractivity contribution in [2.45, 2.75) is 44.3 Å². The summed E-state index contributed by atoms with van der Waals surface area (Å²) >= 11 is 1.27. The van der Waals surface area contributed by atoms with Gasteiger partial charge in [-0.25, -0.2) is 37.9 Å². The Kier molecular flexibility index (Phi) is 7.84. The highest BCUT2D eigenvalue weighted by atomic mass is 32.1. The Morgan fingerprint density at radius 3 is 2.57 bits per heavy atom. The van der Waals surface area contributed by atoms with Crippen molar-refractivity contribution >= 4 is 44.4 Å². The van der Waals surface area contributed by atoms with Gasteiger partial charge < -0.3 is 18.9 Å². The van der Waals surface area contributed by atoms with E-state index in [1.165, 1.54) is 50.1 Å². The van der Waals surface area contributed by atoms with Crippen LogP contribution in [-0.4, -0.2) is 58.4 Å². The maximum absolute atomic E-state index is 15.3. The molecule has 44 heavy (non-hydrogen) atoms. The highest BCUT2D eigenvalue weighted by Gasteiger charge is 2.45. The van der Waals surface area contributed by atoms with Crippen LogP contribution in [0.5, 0.6) is 17.5 Å². The minimum atomic E-state index is -3.07. The van der Waals surface area contributed by atoms with Gasteiger partial charge in [0.05, 0.1) is 60.0 Å². The topological polar surface area (TPSA) is 118 Å². The van der Waals surface area contributed by atoms with Gasteiger partial charge in [0, 0.05) is 30.2 Å². The van der Waals surface area contributed by atoms with E-state index in [0.717, 1.165) is 5.56 Å². The number of anilines is 1. The maximum atomic E-state index is 15.3. The fourth-order valence-corrected chi connectivity index (χ4v) is 5.98. The summed E-state index contributed by atoms with van der Waals surface area (Å²) in [7, 11) is 2.96. The lowest BCUT2D eigenvalue weighted by atomic mass is 9.91. The number of fused-ring (bicyclic) bond motifs is 2. The molecule has 1 amide bonds. The third-order valence-electron chi connectivity index (χ3n) is 7.09. The molecular formula is C30H26F3N5O5S. The molecule has 10 nitrogen and oxygen atoms in total. The van der Waals surface area contributed by atoms with E-state index >= 15 is 4.39 Å². The van der Waals surface area contributed by atoms with Crippen LogP contribution in [0.25, 0.3) is 31.8 Å². The Bertz CT molecular complexity index is 1850. The average Bonchev–Trinajstić information content (AvgIpc) is 3.40. The third-order valence-corrected chi connectivity index (χ3v) is 8.14. The van der Waals surface area contributed by atoms with Crippen LogP contribution < -0.4 is 19.5 Å². The number of nitrogens with zero attached hydrogens (tertiary/aromatic N) is 4. The minimum absolute atomic E-state index is 0.174. The number of alkyl halides is 2. The number of rotatable bonds is 7. The molecule has 1 N–H and O–H groups in total. The molecule has 1 saturated carbocycles. The second-order valence-corrected chi connectivity index (χ2v) is 11.3. The van der Waals surface area contributed by atoms with Crippen molar-refractivity contribution in [2.24, 2.45) is 0 Å². The molecule has 0 bridgehead atoms. The molecule has 0 saturated heterocycles. The van der Waals surface area contributed by atoms with E-state index in [1.807, 2.05) is 19.1 Å². The molecule has 0 aliphatic heterocycles. The summed E-state index contributed by atoms with van der Waals surface area (Å²) < 4.78 is 66.2. The van der Waals surface area contributed by atoms with Crippen molar-refractivity contribution in [2.75, 3.05) is 19.5 Å². The number of ether oxygens (including phenoxy) is 4. The molecule has 5 aromatic rings. The number of thiazole rings is 1. The SMILES string of the molecule is COc1ccc(NC(=O)OC2CCC(F)(F)C[C@H]2Oc2cc3sc(-c4cc(C)cc5nc(OC)cnc45)nc3cc2F)cn1. The number of amides is 1. The van der Waals surface area contributed by atoms with E-state index in [0.29, 0.717) is 49.3 Å². The van der Waals surface area contributed by atoms with Crippen LogP contribution in [0.2, 0.25) is 0 Å². The van der Waals surface area contributed by atoms with Gasteiger partial charge in [-0.05, 0) is 37.1 Å². The maximum Gasteiger partial charge on any atom is 0.412 e. The van der Waals surface area contributed by atoms with Crippen molar-refractivity contribution in [1.29, 1.82) is 0 Å². The summed E-state index contributed by atoms with van der Waals surface area (Å²) in [6.07, 6.45) is -1.80. The van der Waals surface area contributed by atoms with Crippen LogP contribution in [0.1, 0.15) is 24.8 Å². The second kappa shape index (κ2) is 11.8. The molecular weight excluding hydrogens is 599 g/mol. The van der Waals surface area contributed by atoms with Gasteiger partial charge in [-0.1, -0.05) is 0 Å². The van der Waals surface area contributed by atoms with Gasteiger partial charge in [0.25, 0.3) is 5.92 Å². The summed E-state index contributed by atoms with van der Waals surface area (Å²) in [5.74, 6) is -3.39. The Hall–Kier alpha value is -4.72. The van der Waals surface area contributed by atoms with Crippen molar-refractivity contribution in [3.05, 3.63) is 60.2 Å². The Labute approximate surface area is 253 Å².